The average Bonchev–Trinajstić information content (AvgIpc) is 2.32. The van der Waals surface area contributed by atoms with Crippen LogP contribution in [0, 0.1) is 9.65 Å². The molecule has 0 amide bonds. The molecule has 2 aromatic heterocycles. The summed E-state index contributed by atoms with van der Waals surface area (Å²) in [6, 6.07) is 3.55. The Morgan fingerprint density at radius 3 is 3.09 bits per heavy atom. The molecule has 0 aliphatic carbocycles. The van der Waals surface area contributed by atoms with Gasteiger partial charge in [0, 0.05) is 9.77 Å². The minimum atomic E-state index is -0.573. The largest absolute Gasteiger partial charge is 0.313 e. The molecular weight excluding hydrogens is 260 g/mol. The zero-order valence-corrected chi connectivity index (χ0v) is 7.49. The number of nitrogens with zero attached hydrogens (tertiary/aromatic N) is 3. The van der Waals surface area contributed by atoms with Crippen molar-refractivity contribution in [3.63, 3.8) is 0 Å². The molecule has 0 radical (unpaired) electrons. The first kappa shape index (κ1) is 6.96. The molecule has 0 aliphatic heterocycles. The van der Waals surface area contributed by atoms with E-state index in [2.05, 4.69) is 32.8 Å². The van der Waals surface area contributed by atoms with Crippen LogP contribution in [0.3, 0.4) is 0 Å². The van der Waals surface area contributed by atoms with E-state index in [4.69, 9.17) is 0 Å². The number of pyridine rings is 1. The molecule has 11 heavy (non-hydrogen) atoms. The van der Waals surface area contributed by atoms with Crippen molar-refractivity contribution < 1.29 is 4.39 Å². The second-order valence-electron chi connectivity index (χ2n) is 2.04. The van der Waals surface area contributed by atoms with Gasteiger partial charge in [0.15, 0.2) is 5.65 Å². The van der Waals surface area contributed by atoms with E-state index in [0.717, 1.165) is 3.57 Å². The minimum absolute atomic E-state index is 0.536. The lowest BCUT2D eigenvalue weighted by Gasteiger charge is -1.91. The molecule has 2 heterocycles. The van der Waals surface area contributed by atoms with Crippen LogP contribution in [-0.2, 0) is 0 Å². The van der Waals surface area contributed by atoms with Crippen LogP contribution >= 0.6 is 22.6 Å². The Hall–Kier alpha value is -0.720. The van der Waals surface area contributed by atoms with Crippen LogP contribution in [0.5, 0.6) is 0 Å². The van der Waals surface area contributed by atoms with Crippen molar-refractivity contribution in [1.82, 2.24) is 14.6 Å². The Morgan fingerprint density at radius 2 is 2.27 bits per heavy atom. The van der Waals surface area contributed by atoms with Gasteiger partial charge in [0.2, 0.25) is 0 Å². The van der Waals surface area contributed by atoms with Crippen molar-refractivity contribution >= 4 is 28.2 Å². The third-order valence-corrected chi connectivity index (χ3v) is 2.00. The van der Waals surface area contributed by atoms with Crippen LogP contribution in [0.4, 0.5) is 4.39 Å². The van der Waals surface area contributed by atoms with E-state index in [0.29, 0.717) is 5.65 Å². The molecule has 0 saturated heterocycles. The quantitative estimate of drug-likeness (QED) is 0.674. The standard InChI is InChI=1S/C6H3FIN3/c7-6-10-9-5-3-4(8)1-2-11(5)6/h1-3H. The fourth-order valence-corrected chi connectivity index (χ4v) is 1.28. The Morgan fingerprint density at radius 1 is 1.45 bits per heavy atom. The highest BCUT2D eigenvalue weighted by Crippen LogP contribution is 2.07. The van der Waals surface area contributed by atoms with Crippen molar-refractivity contribution in [1.29, 1.82) is 0 Å². The molecule has 5 heteroatoms. The first-order chi connectivity index (χ1) is 5.27. The molecular formula is C6H3FIN3. The lowest BCUT2D eigenvalue weighted by Crippen LogP contribution is -1.87. The number of hydrogen-bond acceptors (Lipinski definition) is 2. The van der Waals surface area contributed by atoms with Crippen LogP contribution in [0.25, 0.3) is 5.65 Å². The van der Waals surface area contributed by atoms with Crippen LogP contribution < -0.4 is 0 Å². The zero-order chi connectivity index (χ0) is 7.84. The molecule has 0 spiro atoms. The maximum Gasteiger partial charge on any atom is 0.313 e. The first-order valence-corrected chi connectivity index (χ1v) is 4.01. The Kier molecular flexibility index (Phi) is 1.52. The number of rotatable bonds is 0. The van der Waals surface area contributed by atoms with Crippen LogP contribution in [0.15, 0.2) is 18.3 Å². The molecule has 0 fully saturated rings. The van der Waals surface area contributed by atoms with Crippen molar-refractivity contribution in [3.05, 3.63) is 28.0 Å². The lowest BCUT2D eigenvalue weighted by molar-refractivity contribution is 0.527. The van der Waals surface area contributed by atoms with E-state index in [-0.39, 0.29) is 0 Å². The highest BCUT2D eigenvalue weighted by atomic mass is 127. The Balaban J connectivity index is 2.86. The van der Waals surface area contributed by atoms with Gasteiger partial charge in [-0.25, -0.2) is 0 Å². The van der Waals surface area contributed by atoms with Gasteiger partial charge in [0.05, 0.1) is 0 Å². The van der Waals surface area contributed by atoms with Gasteiger partial charge in [-0.05, 0) is 34.7 Å². The summed E-state index contributed by atoms with van der Waals surface area (Å²) in [6.45, 7) is 0. The maximum atomic E-state index is 12.7. The zero-order valence-electron chi connectivity index (χ0n) is 5.33. The monoisotopic (exact) mass is 263 g/mol. The van der Waals surface area contributed by atoms with Gasteiger partial charge >= 0.3 is 6.08 Å². The summed E-state index contributed by atoms with van der Waals surface area (Å²) in [5.41, 5.74) is 0.536. The van der Waals surface area contributed by atoms with E-state index < -0.39 is 6.08 Å². The Labute approximate surface area is 75.4 Å². The number of hydrogen-bond donors (Lipinski definition) is 0. The fourth-order valence-electron chi connectivity index (χ4n) is 0.837. The topological polar surface area (TPSA) is 30.2 Å². The molecule has 0 aromatic carbocycles. The van der Waals surface area contributed by atoms with Crippen molar-refractivity contribution in [3.8, 4) is 0 Å². The van der Waals surface area contributed by atoms with E-state index in [1.807, 2.05) is 0 Å². The number of fused-ring (bicyclic) bond motifs is 1. The van der Waals surface area contributed by atoms with E-state index >= 15 is 0 Å². The molecule has 2 aromatic rings. The highest BCUT2D eigenvalue weighted by molar-refractivity contribution is 14.1. The summed E-state index contributed by atoms with van der Waals surface area (Å²) in [4.78, 5) is 0. The van der Waals surface area contributed by atoms with Gasteiger partial charge in [0.25, 0.3) is 0 Å². The smallest absolute Gasteiger partial charge is 0.259 e. The van der Waals surface area contributed by atoms with Crippen LogP contribution in [0.1, 0.15) is 0 Å². The van der Waals surface area contributed by atoms with Crippen LogP contribution in [-0.4, -0.2) is 14.6 Å². The summed E-state index contributed by atoms with van der Waals surface area (Å²) in [5, 5.41) is 6.89. The normalized spacial score (nSPS) is 10.7. The molecule has 0 unspecified atom stereocenters. The third-order valence-electron chi connectivity index (χ3n) is 1.33. The second-order valence-corrected chi connectivity index (χ2v) is 3.29. The number of halogens is 2. The van der Waals surface area contributed by atoms with Gasteiger partial charge < -0.3 is 0 Å². The maximum absolute atomic E-state index is 12.7. The SMILES string of the molecule is Fc1nnc2cc(I)ccn12. The predicted octanol–water partition coefficient (Wildman–Crippen LogP) is 1.47. The van der Waals surface area contributed by atoms with Crippen molar-refractivity contribution in [2.75, 3.05) is 0 Å². The van der Waals surface area contributed by atoms with Gasteiger partial charge in [-0.2, -0.15) is 4.39 Å². The van der Waals surface area contributed by atoms with Gasteiger partial charge in [-0.1, -0.05) is 5.10 Å². The molecule has 0 saturated carbocycles. The molecule has 0 N–H and O–H groups in total. The van der Waals surface area contributed by atoms with Crippen LogP contribution in [0.2, 0.25) is 0 Å². The molecule has 0 aliphatic rings. The minimum Gasteiger partial charge on any atom is -0.259 e. The third kappa shape index (κ3) is 1.09. The van der Waals surface area contributed by atoms with Gasteiger partial charge in [0.1, 0.15) is 0 Å². The molecule has 0 atom stereocenters. The molecule has 0 bridgehead atoms. The van der Waals surface area contributed by atoms with E-state index in [1.54, 1.807) is 18.3 Å². The van der Waals surface area contributed by atoms with E-state index in [1.165, 1.54) is 4.40 Å². The average molecular weight is 263 g/mol. The highest BCUT2D eigenvalue weighted by Gasteiger charge is 2.01. The van der Waals surface area contributed by atoms with Crippen molar-refractivity contribution in [2.24, 2.45) is 0 Å². The summed E-state index contributed by atoms with van der Waals surface area (Å²) in [6.07, 6.45) is 1.03. The second kappa shape index (κ2) is 2.40. The summed E-state index contributed by atoms with van der Waals surface area (Å²) < 4.78 is 15.0. The summed E-state index contributed by atoms with van der Waals surface area (Å²) in [7, 11) is 0. The van der Waals surface area contributed by atoms with Crippen molar-refractivity contribution in [2.45, 2.75) is 0 Å². The summed E-state index contributed by atoms with van der Waals surface area (Å²) >= 11 is 2.13. The predicted molar refractivity (Wildman–Crippen MR) is 45.7 cm³/mol. The van der Waals surface area contributed by atoms with Gasteiger partial charge in [-0.3, -0.25) is 4.40 Å². The molecule has 3 nitrogen and oxygen atoms in total. The summed E-state index contributed by atoms with van der Waals surface area (Å²) in [5.74, 6) is 0. The lowest BCUT2D eigenvalue weighted by atomic mass is 10.5. The molecule has 2 rings (SSSR count). The first-order valence-electron chi connectivity index (χ1n) is 2.93. The fraction of sp³-hybridized carbons (Fsp3) is 0. The van der Waals surface area contributed by atoms with E-state index in [9.17, 15) is 4.39 Å². The Bertz CT molecular complexity index is 398. The molecule has 56 valence electrons. The van der Waals surface area contributed by atoms with Gasteiger partial charge in [-0.15, -0.1) is 5.10 Å². The number of aromatic nitrogens is 3.